The Bertz CT molecular complexity index is 492. The number of methoxy groups -OCH3 is 1. The molecule has 0 aromatic heterocycles. The molecule has 1 aromatic carbocycles. The van der Waals surface area contributed by atoms with Crippen molar-refractivity contribution in [3.05, 3.63) is 29.8 Å². The molecule has 1 aromatic rings. The van der Waals surface area contributed by atoms with Crippen LogP contribution >= 0.6 is 0 Å². The first-order valence-corrected chi connectivity index (χ1v) is 8.67. The van der Waals surface area contributed by atoms with Gasteiger partial charge in [-0.1, -0.05) is 57.6 Å². The van der Waals surface area contributed by atoms with Gasteiger partial charge in [-0.25, -0.2) is 0 Å². The standard InChI is InChI=1S/C20H30O3/c1-4-5-6-7-8-9-10-15-23-19-14-13-18(12-11-17(2)21)16-20(19)22-3/h11-14,16H,4-10,15H2,1-3H3/b12-11+. The molecule has 0 aliphatic rings. The van der Waals surface area contributed by atoms with Crippen molar-refractivity contribution in [2.75, 3.05) is 13.7 Å². The van der Waals surface area contributed by atoms with E-state index in [4.69, 9.17) is 9.47 Å². The summed E-state index contributed by atoms with van der Waals surface area (Å²) < 4.78 is 11.2. The quantitative estimate of drug-likeness (QED) is 0.381. The van der Waals surface area contributed by atoms with E-state index in [1.54, 1.807) is 19.3 Å². The fourth-order valence-corrected chi connectivity index (χ4v) is 2.36. The average Bonchev–Trinajstić information content (AvgIpc) is 2.55. The van der Waals surface area contributed by atoms with E-state index in [0.717, 1.165) is 17.7 Å². The lowest BCUT2D eigenvalue weighted by molar-refractivity contribution is -0.112. The maximum Gasteiger partial charge on any atom is 0.161 e. The van der Waals surface area contributed by atoms with Gasteiger partial charge in [0.15, 0.2) is 17.3 Å². The summed E-state index contributed by atoms with van der Waals surface area (Å²) in [5.74, 6) is 1.50. The van der Waals surface area contributed by atoms with Crippen LogP contribution in [0.5, 0.6) is 11.5 Å². The number of hydrogen-bond acceptors (Lipinski definition) is 3. The third kappa shape index (κ3) is 8.44. The van der Waals surface area contributed by atoms with Crippen LogP contribution in [0.15, 0.2) is 24.3 Å². The first kappa shape index (κ1) is 19.3. The topological polar surface area (TPSA) is 35.5 Å². The van der Waals surface area contributed by atoms with Crippen LogP contribution in [-0.2, 0) is 4.79 Å². The molecule has 0 aliphatic heterocycles. The zero-order chi connectivity index (χ0) is 16.9. The molecule has 0 fully saturated rings. The molecule has 3 nitrogen and oxygen atoms in total. The Balaban J connectivity index is 2.37. The van der Waals surface area contributed by atoms with Crippen LogP contribution in [0.1, 0.15) is 64.4 Å². The molecule has 3 heteroatoms. The van der Waals surface area contributed by atoms with Gasteiger partial charge in [-0.2, -0.15) is 0 Å². The second-order valence-electron chi connectivity index (χ2n) is 5.82. The van der Waals surface area contributed by atoms with Gasteiger partial charge in [0.2, 0.25) is 0 Å². The molecule has 0 amide bonds. The second kappa shape index (κ2) is 11.8. The van der Waals surface area contributed by atoms with E-state index in [-0.39, 0.29) is 5.78 Å². The van der Waals surface area contributed by atoms with Gasteiger partial charge in [0.25, 0.3) is 0 Å². The maximum atomic E-state index is 11.0. The van der Waals surface area contributed by atoms with Crippen molar-refractivity contribution in [1.29, 1.82) is 0 Å². The van der Waals surface area contributed by atoms with Crippen molar-refractivity contribution >= 4 is 11.9 Å². The van der Waals surface area contributed by atoms with Crippen LogP contribution < -0.4 is 9.47 Å². The maximum absolute atomic E-state index is 11.0. The van der Waals surface area contributed by atoms with Crippen LogP contribution in [-0.4, -0.2) is 19.5 Å². The summed E-state index contributed by atoms with van der Waals surface area (Å²) in [6.07, 6.45) is 12.2. The first-order chi connectivity index (χ1) is 11.2. The number of ketones is 1. The van der Waals surface area contributed by atoms with Crippen molar-refractivity contribution in [1.82, 2.24) is 0 Å². The number of ether oxygens (including phenoxy) is 2. The molecule has 0 atom stereocenters. The number of allylic oxidation sites excluding steroid dienone is 1. The van der Waals surface area contributed by atoms with Gasteiger partial charge >= 0.3 is 0 Å². The molecule has 0 saturated heterocycles. The lowest BCUT2D eigenvalue weighted by Gasteiger charge is -2.11. The summed E-state index contributed by atoms with van der Waals surface area (Å²) in [5.41, 5.74) is 0.931. The van der Waals surface area contributed by atoms with Crippen LogP contribution in [0.2, 0.25) is 0 Å². The van der Waals surface area contributed by atoms with Crippen molar-refractivity contribution in [2.45, 2.75) is 58.8 Å². The largest absolute Gasteiger partial charge is 0.493 e. The predicted octanol–water partition coefficient (Wildman–Crippen LogP) is 5.43. The number of carbonyl (C=O) groups is 1. The summed E-state index contributed by atoms with van der Waals surface area (Å²) in [5, 5.41) is 0. The van der Waals surface area contributed by atoms with Crippen LogP contribution in [0, 0.1) is 0 Å². The van der Waals surface area contributed by atoms with Crippen LogP contribution in [0.3, 0.4) is 0 Å². The van der Waals surface area contributed by atoms with Gasteiger partial charge < -0.3 is 9.47 Å². The van der Waals surface area contributed by atoms with Gasteiger partial charge in [0, 0.05) is 0 Å². The molecule has 0 saturated carbocycles. The second-order valence-corrected chi connectivity index (χ2v) is 5.82. The molecule has 0 aliphatic carbocycles. The lowest BCUT2D eigenvalue weighted by Crippen LogP contribution is -1.99. The number of carbonyl (C=O) groups excluding carboxylic acids is 1. The summed E-state index contributed by atoms with van der Waals surface area (Å²) in [6, 6.07) is 5.72. The zero-order valence-corrected chi connectivity index (χ0v) is 14.8. The van der Waals surface area contributed by atoms with E-state index < -0.39 is 0 Å². The number of benzene rings is 1. The Labute approximate surface area is 140 Å². The Kier molecular flexibility index (Phi) is 9.85. The third-order valence-corrected chi connectivity index (χ3v) is 3.70. The normalized spacial score (nSPS) is 10.9. The summed E-state index contributed by atoms with van der Waals surface area (Å²) in [6.45, 7) is 4.49. The Hall–Kier alpha value is -1.77. The number of rotatable bonds is 12. The Morgan fingerprint density at radius 3 is 2.39 bits per heavy atom. The fraction of sp³-hybridized carbons (Fsp3) is 0.550. The number of unbranched alkanes of at least 4 members (excludes halogenated alkanes) is 6. The molecule has 0 N–H and O–H groups in total. The van der Waals surface area contributed by atoms with E-state index >= 15 is 0 Å². The molecule has 128 valence electrons. The number of hydrogen-bond donors (Lipinski definition) is 0. The van der Waals surface area contributed by atoms with Crippen LogP contribution in [0.4, 0.5) is 0 Å². The molecule has 0 spiro atoms. The SMILES string of the molecule is CCCCCCCCCOc1ccc(/C=C/C(C)=O)cc1OC. The van der Waals surface area contributed by atoms with E-state index in [1.165, 1.54) is 45.4 Å². The monoisotopic (exact) mass is 318 g/mol. The average molecular weight is 318 g/mol. The molecule has 0 heterocycles. The highest BCUT2D eigenvalue weighted by molar-refractivity contribution is 5.91. The van der Waals surface area contributed by atoms with E-state index in [1.807, 2.05) is 18.2 Å². The van der Waals surface area contributed by atoms with Crippen LogP contribution in [0.25, 0.3) is 6.08 Å². The molecular formula is C20H30O3. The minimum Gasteiger partial charge on any atom is -0.493 e. The van der Waals surface area contributed by atoms with E-state index in [2.05, 4.69) is 6.92 Å². The van der Waals surface area contributed by atoms with Gasteiger partial charge in [0.05, 0.1) is 13.7 Å². The molecule has 0 radical (unpaired) electrons. The smallest absolute Gasteiger partial charge is 0.161 e. The van der Waals surface area contributed by atoms with Crippen molar-refractivity contribution in [3.8, 4) is 11.5 Å². The van der Waals surface area contributed by atoms with Gasteiger partial charge in [0.1, 0.15) is 0 Å². The van der Waals surface area contributed by atoms with Gasteiger partial charge in [-0.15, -0.1) is 0 Å². The third-order valence-electron chi connectivity index (χ3n) is 3.70. The van der Waals surface area contributed by atoms with Crippen molar-refractivity contribution < 1.29 is 14.3 Å². The van der Waals surface area contributed by atoms with E-state index in [0.29, 0.717) is 12.4 Å². The summed E-state index contributed by atoms with van der Waals surface area (Å²) in [7, 11) is 1.63. The molecule has 0 unspecified atom stereocenters. The fourth-order valence-electron chi connectivity index (χ4n) is 2.36. The lowest BCUT2D eigenvalue weighted by atomic mass is 10.1. The minimum absolute atomic E-state index is 0.0308. The summed E-state index contributed by atoms with van der Waals surface area (Å²) in [4.78, 5) is 11.0. The zero-order valence-electron chi connectivity index (χ0n) is 14.8. The molecular weight excluding hydrogens is 288 g/mol. The molecule has 1 rings (SSSR count). The summed E-state index contributed by atoms with van der Waals surface area (Å²) >= 11 is 0. The Morgan fingerprint density at radius 2 is 1.74 bits per heavy atom. The van der Waals surface area contributed by atoms with Crippen molar-refractivity contribution in [3.63, 3.8) is 0 Å². The van der Waals surface area contributed by atoms with Crippen molar-refractivity contribution in [2.24, 2.45) is 0 Å². The minimum atomic E-state index is 0.0308. The van der Waals surface area contributed by atoms with E-state index in [9.17, 15) is 4.79 Å². The molecule has 0 bridgehead atoms. The molecule has 23 heavy (non-hydrogen) atoms. The highest BCUT2D eigenvalue weighted by Crippen LogP contribution is 2.28. The first-order valence-electron chi connectivity index (χ1n) is 8.67. The van der Waals surface area contributed by atoms with Gasteiger partial charge in [-0.05, 0) is 37.1 Å². The van der Waals surface area contributed by atoms with Gasteiger partial charge in [-0.3, -0.25) is 4.79 Å². The highest BCUT2D eigenvalue weighted by Gasteiger charge is 2.04. The highest BCUT2D eigenvalue weighted by atomic mass is 16.5. The predicted molar refractivity (Wildman–Crippen MR) is 96.2 cm³/mol. The Morgan fingerprint density at radius 1 is 1.04 bits per heavy atom.